The van der Waals surface area contributed by atoms with E-state index >= 15 is 0 Å². The minimum absolute atomic E-state index is 0.0451. The van der Waals surface area contributed by atoms with Gasteiger partial charge in [0.1, 0.15) is 5.82 Å². The van der Waals surface area contributed by atoms with Gasteiger partial charge < -0.3 is 11.5 Å². The third-order valence-electron chi connectivity index (χ3n) is 4.22. The molecule has 0 aliphatic heterocycles. The second-order valence-electron chi connectivity index (χ2n) is 5.43. The molecule has 1 aromatic rings. The van der Waals surface area contributed by atoms with Crippen molar-refractivity contribution in [1.29, 1.82) is 0 Å². The van der Waals surface area contributed by atoms with Crippen molar-refractivity contribution < 1.29 is 9.18 Å². The van der Waals surface area contributed by atoms with Gasteiger partial charge in [-0.1, -0.05) is 24.3 Å². The molecule has 0 spiro atoms. The molecule has 1 fully saturated rings. The van der Waals surface area contributed by atoms with Crippen LogP contribution in [0.15, 0.2) is 41.4 Å². The number of nitrogens with zero attached hydrogens (tertiary/aromatic N) is 1. The molecule has 3 rings (SSSR count). The minimum Gasteiger partial charge on any atom is -0.370 e. The molecular weight excluding hydrogens is 257 g/mol. The van der Waals surface area contributed by atoms with Crippen molar-refractivity contribution in [2.75, 3.05) is 0 Å². The predicted molar refractivity (Wildman–Crippen MR) is 74.2 cm³/mol. The van der Waals surface area contributed by atoms with Crippen LogP contribution in [-0.2, 0) is 4.79 Å². The summed E-state index contributed by atoms with van der Waals surface area (Å²) in [6.45, 7) is 0. The van der Waals surface area contributed by atoms with Crippen LogP contribution in [0, 0.1) is 23.6 Å². The molecule has 104 valence electrons. The molecule has 4 atom stereocenters. The highest BCUT2D eigenvalue weighted by molar-refractivity contribution is 5.93. The van der Waals surface area contributed by atoms with E-state index in [0.717, 1.165) is 12.0 Å². The van der Waals surface area contributed by atoms with E-state index in [1.807, 2.05) is 12.1 Å². The molecule has 2 unspecified atom stereocenters. The topological polar surface area (TPSA) is 81.5 Å². The quantitative estimate of drug-likeness (QED) is 0.487. The number of nitrogens with two attached hydrogens (primary N) is 2. The van der Waals surface area contributed by atoms with Crippen molar-refractivity contribution in [3.05, 3.63) is 47.8 Å². The zero-order chi connectivity index (χ0) is 14.3. The fraction of sp³-hybridized carbons (Fsp3) is 0.333. The zero-order valence-electron chi connectivity index (χ0n) is 10.9. The number of carbonyl (C=O) groups is 1. The number of aliphatic imine (C=N–C) groups is 1. The van der Waals surface area contributed by atoms with Crippen molar-refractivity contribution in [2.45, 2.75) is 12.3 Å². The van der Waals surface area contributed by atoms with Gasteiger partial charge in [0.2, 0.25) is 0 Å². The van der Waals surface area contributed by atoms with Crippen LogP contribution in [0.5, 0.6) is 0 Å². The lowest BCUT2D eigenvalue weighted by atomic mass is 9.78. The van der Waals surface area contributed by atoms with Gasteiger partial charge in [-0.3, -0.25) is 4.79 Å². The van der Waals surface area contributed by atoms with E-state index in [2.05, 4.69) is 11.1 Å². The van der Waals surface area contributed by atoms with Gasteiger partial charge in [-0.2, -0.15) is 4.99 Å². The highest BCUT2D eigenvalue weighted by Gasteiger charge is 2.48. The van der Waals surface area contributed by atoms with Crippen molar-refractivity contribution >= 4 is 11.9 Å². The third kappa shape index (κ3) is 2.09. The Morgan fingerprint density at radius 1 is 1.25 bits per heavy atom. The predicted octanol–water partition coefficient (Wildman–Crippen LogP) is 1.53. The molecule has 1 aromatic carbocycles. The standard InChI is InChI=1S/C15H16FN3O/c16-11-3-1-2-8(7-11)12-9-4-5-10(6-9)13(12)14(20)19-15(17)18/h1-5,7,9-10,12-13H,6H2,(H4,17,18,19,20)/t9?,10?,12-,13-/m1/s1. The Labute approximate surface area is 116 Å². The van der Waals surface area contributed by atoms with Crippen molar-refractivity contribution in [3.63, 3.8) is 0 Å². The molecule has 2 aliphatic carbocycles. The largest absolute Gasteiger partial charge is 0.370 e. The summed E-state index contributed by atoms with van der Waals surface area (Å²) in [4.78, 5) is 15.9. The Hall–Kier alpha value is -2.17. The Kier molecular flexibility index (Phi) is 3.04. The summed E-state index contributed by atoms with van der Waals surface area (Å²) in [6, 6.07) is 6.43. The van der Waals surface area contributed by atoms with E-state index in [0.29, 0.717) is 0 Å². The molecule has 20 heavy (non-hydrogen) atoms. The highest BCUT2D eigenvalue weighted by Crippen LogP contribution is 2.53. The number of hydrogen-bond donors (Lipinski definition) is 2. The third-order valence-corrected chi connectivity index (χ3v) is 4.22. The van der Waals surface area contributed by atoms with Crippen LogP contribution >= 0.6 is 0 Å². The van der Waals surface area contributed by atoms with Crippen LogP contribution < -0.4 is 11.5 Å². The summed E-state index contributed by atoms with van der Waals surface area (Å²) >= 11 is 0. The molecule has 2 bridgehead atoms. The molecule has 0 radical (unpaired) electrons. The van der Waals surface area contributed by atoms with Gasteiger partial charge in [-0.25, -0.2) is 4.39 Å². The van der Waals surface area contributed by atoms with E-state index in [1.165, 1.54) is 12.1 Å². The highest BCUT2D eigenvalue weighted by atomic mass is 19.1. The van der Waals surface area contributed by atoms with Gasteiger partial charge in [0.25, 0.3) is 5.91 Å². The van der Waals surface area contributed by atoms with Crippen LogP contribution in [0.3, 0.4) is 0 Å². The molecule has 4 nitrogen and oxygen atoms in total. The SMILES string of the molecule is NC(N)=NC(=O)[C@@H]1C2C=CC(C2)[C@H]1c1cccc(F)c1. The Bertz CT molecular complexity index is 607. The van der Waals surface area contributed by atoms with Crippen LogP contribution in [0.25, 0.3) is 0 Å². The second-order valence-corrected chi connectivity index (χ2v) is 5.43. The Morgan fingerprint density at radius 2 is 2.00 bits per heavy atom. The van der Waals surface area contributed by atoms with Gasteiger partial charge in [0.05, 0.1) is 5.92 Å². The van der Waals surface area contributed by atoms with Crippen LogP contribution in [0.4, 0.5) is 4.39 Å². The average molecular weight is 273 g/mol. The van der Waals surface area contributed by atoms with E-state index < -0.39 is 0 Å². The van der Waals surface area contributed by atoms with Crippen molar-refractivity contribution in [2.24, 2.45) is 34.2 Å². The Morgan fingerprint density at radius 3 is 2.70 bits per heavy atom. The first-order valence-electron chi connectivity index (χ1n) is 6.63. The van der Waals surface area contributed by atoms with Gasteiger partial charge in [0.15, 0.2) is 5.96 Å². The summed E-state index contributed by atoms with van der Waals surface area (Å²) in [5, 5.41) is 0. The molecule has 0 heterocycles. The lowest BCUT2D eigenvalue weighted by Gasteiger charge is -2.26. The maximum atomic E-state index is 13.4. The Balaban J connectivity index is 1.98. The maximum absolute atomic E-state index is 13.4. The zero-order valence-corrected chi connectivity index (χ0v) is 10.9. The van der Waals surface area contributed by atoms with E-state index in [4.69, 9.17) is 11.5 Å². The lowest BCUT2D eigenvalue weighted by molar-refractivity contribution is -0.122. The first-order chi connectivity index (χ1) is 9.56. The summed E-state index contributed by atoms with van der Waals surface area (Å²) in [5.41, 5.74) is 11.4. The number of rotatable bonds is 2. The van der Waals surface area contributed by atoms with Gasteiger partial charge in [-0.05, 0) is 36.0 Å². The fourth-order valence-corrected chi connectivity index (χ4v) is 3.53. The number of hydrogen-bond acceptors (Lipinski definition) is 1. The number of fused-ring (bicyclic) bond motifs is 2. The molecule has 5 heteroatoms. The summed E-state index contributed by atoms with van der Waals surface area (Å²) in [5.74, 6) is -0.767. The van der Waals surface area contributed by atoms with Gasteiger partial charge >= 0.3 is 0 Å². The van der Waals surface area contributed by atoms with E-state index in [9.17, 15) is 9.18 Å². The summed E-state index contributed by atoms with van der Waals surface area (Å²) in [6.07, 6.45) is 5.06. The van der Waals surface area contributed by atoms with Crippen LogP contribution in [-0.4, -0.2) is 11.9 Å². The average Bonchev–Trinajstić information content (AvgIpc) is 2.97. The second kappa shape index (κ2) is 4.74. The normalized spacial score (nSPS) is 30.4. The number of amides is 1. The number of halogens is 1. The molecule has 0 aromatic heterocycles. The summed E-state index contributed by atoms with van der Waals surface area (Å²) < 4.78 is 13.4. The molecule has 1 amide bonds. The number of carbonyl (C=O) groups excluding carboxylic acids is 1. The van der Waals surface area contributed by atoms with Crippen LogP contribution in [0.1, 0.15) is 17.9 Å². The van der Waals surface area contributed by atoms with E-state index in [1.54, 1.807) is 6.07 Å². The van der Waals surface area contributed by atoms with Crippen molar-refractivity contribution in [3.8, 4) is 0 Å². The fourth-order valence-electron chi connectivity index (χ4n) is 3.53. The first-order valence-corrected chi connectivity index (χ1v) is 6.63. The molecule has 2 aliphatic rings. The minimum atomic E-state index is -0.309. The number of allylic oxidation sites excluding steroid dienone is 2. The smallest absolute Gasteiger partial charge is 0.253 e. The molecular formula is C15H16FN3O. The van der Waals surface area contributed by atoms with E-state index in [-0.39, 0.29) is 41.4 Å². The molecule has 4 N–H and O–H groups in total. The number of benzene rings is 1. The number of guanidine groups is 1. The first kappa shape index (κ1) is 12.8. The van der Waals surface area contributed by atoms with Crippen molar-refractivity contribution in [1.82, 2.24) is 0 Å². The monoisotopic (exact) mass is 273 g/mol. The van der Waals surface area contributed by atoms with Gasteiger partial charge in [-0.15, -0.1) is 0 Å². The molecule has 0 saturated heterocycles. The molecule has 1 saturated carbocycles. The lowest BCUT2D eigenvalue weighted by Crippen LogP contribution is -2.30. The maximum Gasteiger partial charge on any atom is 0.253 e. The van der Waals surface area contributed by atoms with Gasteiger partial charge in [0, 0.05) is 5.92 Å². The summed E-state index contributed by atoms with van der Waals surface area (Å²) in [7, 11) is 0. The van der Waals surface area contributed by atoms with Crippen LogP contribution in [0.2, 0.25) is 0 Å².